The second-order valence-corrected chi connectivity index (χ2v) is 5.30. The van der Waals surface area contributed by atoms with E-state index in [2.05, 4.69) is 14.9 Å². The summed E-state index contributed by atoms with van der Waals surface area (Å²) in [7, 11) is 0. The van der Waals surface area contributed by atoms with Gasteiger partial charge < -0.3 is 15.4 Å². The van der Waals surface area contributed by atoms with Gasteiger partial charge in [0.1, 0.15) is 12.1 Å². The second-order valence-electron chi connectivity index (χ2n) is 5.30. The third kappa shape index (κ3) is 3.80. The highest BCUT2D eigenvalue weighted by molar-refractivity contribution is 5.42. The first kappa shape index (κ1) is 14.1. The molecule has 0 bridgehead atoms. The summed E-state index contributed by atoms with van der Waals surface area (Å²) in [4.78, 5) is 10.9. The normalized spacial score (nSPS) is 15.4. The number of nitrogens with two attached hydrogens (primary N) is 1. The van der Waals surface area contributed by atoms with Gasteiger partial charge >= 0.3 is 0 Å². The Morgan fingerprint density at radius 2 is 2.21 bits per heavy atom. The van der Waals surface area contributed by atoms with Crippen LogP contribution >= 0.6 is 0 Å². The van der Waals surface area contributed by atoms with Crippen molar-refractivity contribution in [1.82, 2.24) is 9.97 Å². The molecule has 0 atom stereocenters. The fourth-order valence-electron chi connectivity index (χ4n) is 2.24. The van der Waals surface area contributed by atoms with E-state index in [9.17, 15) is 0 Å². The molecule has 1 aliphatic rings. The van der Waals surface area contributed by atoms with E-state index in [4.69, 9.17) is 10.5 Å². The molecule has 1 heterocycles. The van der Waals surface area contributed by atoms with Crippen molar-refractivity contribution in [3.63, 3.8) is 0 Å². The van der Waals surface area contributed by atoms with Crippen LogP contribution in [0.25, 0.3) is 0 Å². The molecule has 0 saturated heterocycles. The van der Waals surface area contributed by atoms with Crippen LogP contribution in [0.4, 0.5) is 5.82 Å². The molecular weight excluding hydrogens is 240 g/mol. The van der Waals surface area contributed by atoms with Crippen LogP contribution in [0.15, 0.2) is 12.4 Å². The summed E-state index contributed by atoms with van der Waals surface area (Å²) in [5, 5.41) is 0. The van der Waals surface area contributed by atoms with Crippen LogP contribution in [0.5, 0.6) is 5.88 Å². The molecule has 1 aliphatic carbocycles. The fourth-order valence-corrected chi connectivity index (χ4v) is 2.24. The number of ether oxygens (including phenoxy) is 1. The number of rotatable bonds is 7. The number of hydrogen-bond acceptors (Lipinski definition) is 5. The molecule has 0 aromatic carbocycles. The summed E-state index contributed by atoms with van der Waals surface area (Å²) >= 11 is 0. The van der Waals surface area contributed by atoms with Crippen LogP contribution in [0, 0.1) is 0 Å². The Morgan fingerprint density at radius 3 is 2.79 bits per heavy atom. The molecule has 2 N–H and O–H groups in total. The summed E-state index contributed by atoms with van der Waals surface area (Å²) in [5.74, 6) is 1.61. The smallest absolute Gasteiger partial charge is 0.218 e. The number of aromatic nitrogens is 2. The van der Waals surface area contributed by atoms with Gasteiger partial charge in [0, 0.05) is 18.7 Å². The highest BCUT2D eigenvalue weighted by Crippen LogP contribution is 2.29. The molecule has 0 spiro atoms. The van der Waals surface area contributed by atoms with E-state index < -0.39 is 0 Å². The number of nitrogens with zero attached hydrogens (tertiary/aromatic N) is 3. The SMILES string of the molecule is CC(C)Oc1cc(N(CCCN)C2CCC2)ncn1. The molecule has 0 radical (unpaired) electrons. The molecule has 5 nitrogen and oxygen atoms in total. The molecule has 1 aromatic rings. The summed E-state index contributed by atoms with van der Waals surface area (Å²) in [6.45, 7) is 5.67. The van der Waals surface area contributed by atoms with E-state index in [0.29, 0.717) is 18.5 Å². The first-order valence-electron chi connectivity index (χ1n) is 7.16. The minimum atomic E-state index is 0.129. The van der Waals surface area contributed by atoms with Crippen LogP contribution in [0.3, 0.4) is 0 Å². The maximum atomic E-state index is 5.64. The van der Waals surface area contributed by atoms with Crippen molar-refractivity contribution in [2.45, 2.75) is 51.7 Å². The van der Waals surface area contributed by atoms with E-state index >= 15 is 0 Å². The Bertz CT molecular complexity index is 393. The largest absolute Gasteiger partial charge is 0.475 e. The lowest BCUT2D eigenvalue weighted by Crippen LogP contribution is -2.42. The number of anilines is 1. The molecule has 0 aliphatic heterocycles. The first-order chi connectivity index (χ1) is 9.20. The molecule has 0 unspecified atom stereocenters. The average molecular weight is 264 g/mol. The molecule has 1 saturated carbocycles. The van der Waals surface area contributed by atoms with Crippen molar-refractivity contribution in [3.05, 3.63) is 12.4 Å². The van der Waals surface area contributed by atoms with Gasteiger partial charge in [-0.1, -0.05) is 0 Å². The maximum Gasteiger partial charge on any atom is 0.218 e. The van der Waals surface area contributed by atoms with Crippen molar-refractivity contribution in [3.8, 4) is 5.88 Å². The lowest BCUT2D eigenvalue weighted by Gasteiger charge is -2.38. The molecule has 1 aromatic heterocycles. The molecule has 19 heavy (non-hydrogen) atoms. The van der Waals surface area contributed by atoms with E-state index in [0.717, 1.165) is 18.8 Å². The summed E-state index contributed by atoms with van der Waals surface area (Å²) in [6.07, 6.45) is 6.50. The van der Waals surface area contributed by atoms with Gasteiger partial charge in [0.15, 0.2) is 0 Å². The standard InChI is InChI=1S/C14H24N4O/c1-11(2)19-14-9-13(16-10-17-14)18(8-4-7-15)12-5-3-6-12/h9-12H,3-8,15H2,1-2H3. The minimum Gasteiger partial charge on any atom is -0.475 e. The minimum absolute atomic E-state index is 0.129. The van der Waals surface area contributed by atoms with Crippen LogP contribution < -0.4 is 15.4 Å². The third-order valence-corrected chi connectivity index (χ3v) is 3.40. The van der Waals surface area contributed by atoms with Crippen LogP contribution in [0.2, 0.25) is 0 Å². The van der Waals surface area contributed by atoms with Crippen LogP contribution in [-0.2, 0) is 0 Å². The predicted octanol–water partition coefficient (Wildman–Crippen LogP) is 1.97. The highest BCUT2D eigenvalue weighted by Gasteiger charge is 2.25. The first-order valence-corrected chi connectivity index (χ1v) is 7.16. The summed E-state index contributed by atoms with van der Waals surface area (Å²) < 4.78 is 5.64. The lowest BCUT2D eigenvalue weighted by molar-refractivity contribution is 0.232. The Hall–Kier alpha value is -1.36. The Labute approximate surface area is 115 Å². The molecule has 5 heteroatoms. The Morgan fingerprint density at radius 1 is 1.42 bits per heavy atom. The van der Waals surface area contributed by atoms with Gasteiger partial charge in [-0.2, -0.15) is 0 Å². The van der Waals surface area contributed by atoms with E-state index in [1.165, 1.54) is 19.3 Å². The van der Waals surface area contributed by atoms with Gasteiger partial charge in [0.2, 0.25) is 5.88 Å². The Balaban J connectivity index is 2.10. The summed E-state index contributed by atoms with van der Waals surface area (Å²) in [5.41, 5.74) is 5.63. The van der Waals surface area contributed by atoms with Crippen LogP contribution in [-0.4, -0.2) is 35.2 Å². The van der Waals surface area contributed by atoms with Gasteiger partial charge in [-0.05, 0) is 46.1 Å². The van der Waals surface area contributed by atoms with Crippen LogP contribution in [0.1, 0.15) is 39.5 Å². The molecular formula is C14H24N4O. The topological polar surface area (TPSA) is 64.3 Å². The molecule has 2 rings (SSSR count). The quantitative estimate of drug-likeness (QED) is 0.815. The van der Waals surface area contributed by atoms with Gasteiger partial charge in [0.25, 0.3) is 0 Å². The molecule has 1 fully saturated rings. The zero-order valence-electron chi connectivity index (χ0n) is 11.9. The third-order valence-electron chi connectivity index (χ3n) is 3.40. The lowest BCUT2D eigenvalue weighted by atomic mass is 9.91. The zero-order valence-corrected chi connectivity index (χ0v) is 11.9. The monoisotopic (exact) mass is 264 g/mol. The Kier molecular flexibility index (Phi) is 4.96. The van der Waals surface area contributed by atoms with Crippen molar-refractivity contribution in [2.75, 3.05) is 18.0 Å². The molecule has 106 valence electrons. The van der Waals surface area contributed by atoms with Crippen molar-refractivity contribution >= 4 is 5.82 Å². The van der Waals surface area contributed by atoms with E-state index in [-0.39, 0.29) is 6.10 Å². The maximum absolute atomic E-state index is 5.64. The van der Waals surface area contributed by atoms with Gasteiger partial charge in [-0.25, -0.2) is 9.97 Å². The van der Waals surface area contributed by atoms with Crippen molar-refractivity contribution in [1.29, 1.82) is 0 Å². The van der Waals surface area contributed by atoms with Crippen molar-refractivity contribution in [2.24, 2.45) is 5.73 Å². The fraction of sp³-hybridized carbons (Fsp3) is 0.714. The van der Waals surface area contributed by atoms with Gasteiger partial charge in [-0.3, -0.25) is 0 Å². The van der Waals surface area contributed by atoms with Gasteiger partial charge in [0.05, 0.1) is 6.10 Å². The van der Waals surface area contributed by atoms with E-state index in [1.54, 1.807) is 6.33 Å². The average Bonchev–Trinajstić information content (AvgIpc) is 2.31. The van der Waals surface area contributed by atoms with Crippen molar-refractivity contribution < 1.29 is 4.74 Å². The highest BCUT2D eigenvalue weighted by atomic mass is 16.5. The predicted molar refractivity (Wildman–Crippen MR) is 76.5 cm³/mol. The second kappa shape index (κ2) is 6.70. The van der Waals surface area contributed by atoms with Gasteiger partial charge in [-0.15, -0.1) is 0 Å². The summed E-state index contributed by atoms with van der Waals surface area (Å²) in [6, 6.07) is 2.54. The zero-order chi connectivity index (χ0) is 13.7. The molecule has 0 amide bonds. The number of hydrogen-bond donors (Lipinski definition) is 1. The van der Waals surface area contributed by atoms with E-state index in [1.807, 2.05) is 19.9 Å².